The number of hydrogen-bond donors (Lipinski definition) is 2. The van der Waals surface area contributed by atoms with Crippen molar-refractivity contribution in [1.29, 1.82) is 0 Å². The fourth-order valence-electron chi connectivity index (χ4n) is 6.32. The van der Waals surface area contributed by atoms with E-state index in [4.69, 9.17) is 4.74 Å². The Hall–Kier alpha value is -3.30. The second-order valence-electron chi connectivity index (χ2n) is 15.3. The lowest BCUT2D eigenvalue weighted by molar-refractivity contribution is 0.00576. The van der Waals surface area contributed by atoms with Crippen LogP contribution in [0.1, 0.15) is 113 Å². The first-order valence-corrected chi connectivity index (χ1v) is 16.9. The Morgan fingerprint density at radius 3 is 2.13 bits per heavy atom. The number of phenolic OH excluding ortho intramolecular Hbond substituents is 2. The van der Waals surface area contributed by atoms with Crippen molar-refractivity contribution in [1.82, 2.24) is 19.6 Å². The van der Waals surface area contributed by atoms with Crippen molar-refractivity contribution in [2.45, 2.75) is 111 Å². The molecule has 9 nitrogen and oxygen atoms in total. The predicted octanol–water partition coefficient (Wildman–Crippen LogP) is 6.70. The molecule has 1 saturated heterocycles. The molecule has 46 heavy (non-hydrogen) atoms. The molecule has 2 aliphatic heterocycles. The van der Waals surface area contributed by atoms with Crippen LogP contribution in [0.3, 0.4) is 0 Å². The zero-order valence-corrected chi connectivity index (χ0v) is 29.4. The number of amides is 2. The SMILES string of the molecule is CC(C)c1cc(C(=O)N2Cc3ccc(CN4CCN(CCCCCN(C(=O)OC(C)(C)C)C(C)(C)C)CC4)cc3C2)c(O)cc1O. The van der Waals surface area contributed by atoms with E-state index in [1.165, 1.54) is 11.6 Å². The average Bonchev–Trinajstić information content (AvgIpc) is 3.37. The van der Waals surface area contributed by atoms with Gasteiger partial charge in [-0.2, -0.15) is 0 Å². The summed E-state index contributed by atoms with van der Waals surface area (Å²) in [5.41, 5.74) is 3.67. The fraction of sp³-hybridized carbons (Fsp3) is 0.622. The Morgan fingerprint density at radius 1 is 0.848 bits per heavy atom. The molecular weight excluding hydrogens is 580 g/mol. The van der Waals surface area contributed by atoms with E-state index in [1.54, 1.807) is 11.0 Å². The summed E-state index contributed by atoms with van der Waals surface area (Å²) in [6.45, 7) is 23.6. The zero-order chi connectivity index (χ0) is 33.8. The van der Waals surface area contributed by atoms with Gasteiger partial charge in [0.2, 0.25) is 0 Å². The molecule has 0 aromatic heterocycles. The van der Waals surface area contributed by atoms with Crippen molar-refractivity contribution in [3.63, 3.8) is 0 Å². The lowest BCUT2D eigenvalue weighted by Gasteiger charge is -2.37. The van der Waals surface area contributed by atoms with Crippen molar-refractivity contribution in [2.24, 2.45) is 0 Å². The smallest absolute Gasteiger partial charge is 0.410 e. The Balaban J connectivity index is 1.20. The second-order valence-corrected chi connectivity index (χ2v) is 15.3. The van der Waals surface area contributed by atoms with Gasteiger partial charge in [0.1, 0.15) is 17.1 Å². The minimum Gasteiger partial charge on any atom is -0.508 e. The summed E-state index contributed by atoms with van der Waals surface area (Å²) < 4.78 is 5.64. The molecule has 2 aliphatic rings. The third kappa shape index (κ3) is 9.38. The molecule has 9 heteroatoms. The number of hydrogen-bond acceptors (Lipinski definition) is 7. The molecule has 0 saturated carbocycles. The van der Waals surface area contributed by atoms with Crippen molar-refractivity contribution in [2.75, 3.05) is 39.3 Å². The normalized spacial score (nSPS) is 16.2. The molecule has 2 heterocycles. The summed E-state index contributed by atoms with van der Waals surface area (Å²) in [5.74, 6) is -0.357. The number of carbonyl (C=O) groups is 2. The third-order valence-electron chi connectivity index (χ3n) is 8.93. The van der Waals surface area contributed by atoms with Crippen LogP contribution in [0.2, 0.25) is 0 Å². The molecule has 1 fully saturated rings. The number of rotatable bonds is 10. The molecule has 0 radical (unpaired) electrons. The maximum absolute atomic E-state index is 13.4. The van der Waals surface area contributed by atoms with E-state index in [1.807, 2.05) is 39.5 Å². The van der Waals surface area contributed by atoms with Crippen molar-refractivity contribution in [3.8, 4) is 11.5 Å². The van der Waals surface area contributed by atoms with Gasteiger partial charge in [-0.25, -0.2) is 4.79 Å². The van der Waals surface area contributed by atoms with Crippen LogP contribution in [0, 0.1) is 0 Å². The monoisotopic (exact) mass is 636 g/mol. The van der Waals surface area contributed by atoms with Gasteiger partial charge in [-0.1, -0.05) is 38.5 Å². The van der Waals surface area contributed by atoms with Crippen molar-refractivity contribution >= 4 is 12.0 Å². The molecule has 0 spiro atoms. The lowest BCUT2D eigenvalue weighted by atomic mass is 9.98. The zero-order valence-electron chi connectivity index (χ0n) is 29.4. The highest BCUT2D eigenvalue weighted by atomic mass is 16.6. The molecule has 0 unspecified atom stereocenters. The van der Waals surface area contributed by atoms with E-state index < -0.39 is 5.60 Å². The molecular formula is C37H56N4O5. The number of fused-ring (bicyclic) bond motifs is 1. The highest BCUT2D eigenvalue weighted by Gasteiger charge is 2.31. The van der Waals surface area contributed by atoms with Gasteiger partial charge in [0, 0.05) is 64.0 Å². The fourth-order valence-corrected chi connectivity index (χ4v) is 6.32. The largest absolute Gasteiger partial charge is 0.508 e. The number of aromatic hydroxyl groups is 2. The topological polar surface area (TPSA) is 96.8 Å². The van der Waals surface area contributed by atoms with Crippen LogP contribution in [-0.4, -0.2) is 92.2 Å². The highest BCUT2D eigenvalue weighted by Crippen LogP contribution is 2.34. The number of nitrogens with zero attached hydrogens (tertiary/aromatic N) is 4. The standard InChI is InChI=1S/C37H56N4O5/c1-26(2)30-21-31(33(43)22-32(30)42)34(44)40-24-28-13-12-27(20-29(28)25-40)23-39-18-16-38(17-19-39)14-10-9-11-15-41(36(3,4)5)35(45)46-37(6,7)8/h12-13,20-22,26,42-43H,9-11,14-19,23-25H2,1-8H3. The Labute approximate surface area is 276 Å². The number of unbranched alkanes of at least 4 members (excludes halogenated alkanes) is 2. The van der Waals surface area contributed by atoms with Crippen LogP contribution < -0.4 is 0 Å². The molecule has 2 aromatic carbocycles. The minimum absolute atomic E-state index is 0.0130. The maximum atomic E-state index is 13.4. The summed E-state index contributed by atoms with van der Waals surface area (Å²) in [4.78, 5) is 34.8. The summed E-state index contributed by atoms with van der Waals surface area (Å²) in [7, 11) is 0. The first kappa shape index (κ1) is 35.6. The Bertz CT molecular complexity index is 1370. The molecule has 2 aromatic rings. The number of carbonyl (C=O) groups excluding carboxylic acids is 2. The van der Waals surface area contributed by atoms with Crippen LogP contribution in [0.25, 0.3) is 0 Å². The van der Waals surface area contributed by atoms with Crippen LogP contribution in [0.15, 0.2) is 30.3 Å². The third-order valence-corrected chi connectivity index (χ3v) is 8.93. The highest BCUT2D eigenvalue weighted by molar-refractivity contribution is 5.97. The summed E-state index contributed by atoms with van der Waals surface area (Å²) in [6, 6.07) is 9.43. The van der Waals surface area contributed by atoms with Gasteiger partial charge in [0.05, 0.1) is 5.56 Å². The van der Waals surface area contributed by atoms with E-state index in [0.29, 0.717) is 25.2 Å². The molecule has 254 valence electrons. The van der Waals surface area contributed by atoms with Crippen LogP contribution in [-0.2, 0) is 24.4 Å². The Kier molecular flexibility index (Phi) is 11.3. The predicted molar refractivity (Wildman–Crippen MR) is 182 cm³/mol. The number of benzene rings is 2. The summed E-state index contributed by atoms with van der Waals surface area (Å²) in [5, 5.41) is 20.6. The van der Waals surface area contributed by atoms with Gasteiger partial charge >= 0.3 is 6.09 Å². The van der Waals surface area contributed by atoms with E-state index in [-0.39, 0.29) is 40.5 Å². The number of piperazine rings is 1. The van der Waals surface area contributed by atoms with Crippen LogP contribution in [0.5, 0.6) is 11.5 Å². The number of phenols is 2. The number of ether oxygens (including phenoxy) is 1. The minimum atomic E-state index is -0.496. The van der Waals surface area contributed by atoms with E-state index in [0.717, 1.165) is 69.7 Å². The quantitative estimate of drug-likeness (QED) is 0.280. The van der Waals surface area contributed by atoms with Crippen LogP contribution in [0.4, 0.5) is 4.79 Å². The molecule has 2 amide bonds. The molecule has 0 bridgehead atoms. The lowest BCUT2D eigenvalue weighted by Crippen LogP contribution is -2.48. The van der Waals surface area contributed by atoms with Gasteiger partial charge in [-0.15, -0.1) is 0 Å². The Morgan fingerprint density at radius 2 is 1.50 bits per heavy atom. The molecule has 0 aliphatic carbocycles. The van der Waals surface area contributed by atoms with Gasteiger partial charge in [0.15, 0.2) is 0 Å². The first-order chi connectivity index (χ1) is 21.5. The van der Waals surface area contributed by atoms with E-state index in [9.17, 15) is 19.8 Å². The first-order valence-electron chi connectivity index (χ1n) is 16.9. The molecule has 0 atom stereocenters. The second kappa shape index (κ2) is 14.6. The van der Waals surface area contributed by atoms with E-state index >= 15 is 0 Å². The van der Waals surface area contributed by atoms with Gasteiger partial charge in [-0.05, 0) is 95.2 Å². The molecule has 2 N–H and O–H groups in total. The van der Waals surface area contributed by atoms with Crippen molar-refractivity contribution in [3.05, 3.63) is 58.1 Å². The van der Waals surface area contributed by atoms with Gasteiger partial charge in [0.25, 0.3) is 5.91 Å². The summed E-state index contributed by atoms with van der Waals surface area (Å²) >= 11 is 0. The maximum Gasteiger partial charge on any atom is 0.410 e. The van der Waals surface area contributed by atoms with Gasteiger partial charge in [-0.3, -0.25) is 9.69 Å². The molecule has 4 rings (SSSR count). The van der Waals surface area contributed by atoms with E-state index in [2.05, 4.69) is 48.8 Å². The van der Waals surface area contributed by atoms with Crippen molar-refractivity contribution < 1.29 is 24.5 Å². The summed E-state index contributed by atoms with van der Waals surface area (Å²) in [6.07, 6.45) is 2.93. The average molecular weight is 637 g/mol. The van der Waals surface area contributed by atoms with Gasteiger partial charge < -0.3 is 29.6 Å². The van der Waals surface area contributed by atoms with Crippen LogP contribution >= 0.6 is 0 Å².